The SMILES string of the molecule is CCCNCC1(CN(CCC)C(C)C)CCCCCC1. The highest BCUT2D eigenvalue weighted by Gasteiger charge is 2.33. The molecule has 20 heavy (non-hydrogen) atoms. The van der Waals surface area contributed by atoms with Crippen LogP contribution in [0.2, 0.25) is 0 Å². The molecule has 1 N–H and O–H groups in total. The van der Waals surface area contributed by atoms with E-state index in [0.29, 0.717) is 11.5 Å². The van der Waals surface area contributed by atoms with Crippen LogP contribution in [0.1, 0.15) is 79.1 Å². The minimum Gasteiger partial charge on any atom is -0.316 e. The fourth-order valence-corrected chi connectivity index (χ4v) is 3.64. The minimum atomic E-state index is 0.533. The van der Waals surface area contributed by atoms with E-state index in [1.54, 1.807) is 0 Å². The third-order valence-corrected chi connectivity index (χ3v) is 4.87. The summed E-state index contributed by atoms with van der Waals surface area (Å²) >= 11 is 0. The molecule has 2 nitrogen and oxygen atoms in total. The zero-order valence-electron chi connectivity index (χ0n) is 14.5. The molecule has 2 heteroatoms. The van der Waals surface area contributed by atoms with E-state index in [1.165, 1.54) is 77.5 Å². The average Bonchev–Trinajstić information content (AvgIpc) is 2.65. The van der Waals surface area contributed by atoms with Crippen molar-refractivity contribution >= 4 is 0 Å². The highest BCUT2D eigenvalue weighted by molar-refractivity contribution is 4.87. The van der Waals surface area contributed by atoms with Gasteiger partial charge in [-0.1, -0.05) is 39.5 Å². The molecular weight excluding hydrogens is 244 g/mol. The van der Waals surface area contributed by atoms with E-state index in [1.807, 2.05) is 0 Å². The van der Waals surface area contributed by atoms with Gasteiger partial charge in [0.05, 0.1) is 0 Å². The topological polar surface area (TPSA) is 15.3 Å². The lowest BCUT2D eigenvalue weighted by molar-refractivity contribution is 0.103. The molecule has 1 saturated carbocycles. The molecule has 0 saturated heterocycles. The molecule has 1 fully saturated rings. The Morgan fingerprint density at radius 1 is 1.00 bits per heavy atom. The van der Waals surface area contributed by atoms with Crippen LogP contribution in [0.5, 0.6) is 0 Å². The van der Waals surface area contributed by atoms with Gasteiger partial charge in [-0.15, -0.1) is 0 Å². The summed E-state index contributed by atoms with van der Waals surface area (Å²) in [7, 11) is 0. The van der Waals surface area contributed by atoms with Crippen LogP contribution in [-0.2, 0) is 0 Å². The molecule has 1 aliphatic rings. The van der Waals surface area contributed by atoms with Gasteiger partial charge in [0.15, 0.2) is 0 Å². The van der Waals surface area contributed by atoms with E-state index in [4.69, 9.17) is 0 Å². The van der Waals surface area contributed by atoms with Crippen LogP contribution < -0.4 is 5.32 Å². The minimum absolute atomic E-state index is 0.533. The molecule has 0 aromatic heterocycles. The molecule has 0 spiro atoms. The lowest BCUT2D eigenvalue weighted by atomic mass is 9.79. The largest absolute Gasteiger partial charge is 0.316 e. The summed E-state index contributed by atoms with van der Waals surface area (Å²) < 4.78 is 0. The first-order chi connectivity index (χ1) is 9.63. The molecule has 1 aliphatic carbocycles. The predicted octanol–water partition coefficient (Wildman–Crippen LogP) is 4.45. The summed E-state index contributed by atoms with van der Waals surface area (Å²) in [6.07, 6.45) is 11.1. The van der Waals surface area contributed by atoms with Crippen molar-refractivity contribution < 1.29 is 0 Å². The Labute approximate surface area is 127 Å². The van der Waals surface area contributed by atoms with Gasteiger partial charge < -0.3 is 10.2 Å². The van der Waals surface area contributed by atoms with Gasteiger partial charge in [0.25, 0.3) is 0 Å². The maximum atomic E-state index is 3.73. The van der Waals surface area contributed by atoms with E-state index < -0.39 is 0 Å². The standard InChI is InChI=1S/C18H38N2/c1-5-13-19-15-18(11-9-7-8-10-12-18)16-20(14-6-2)17(3)4/h17,19H,5-16H2,1-4H3. The second-order valence-corrected chi connectivity index (χ2v) is 7.16. The highest BCUT2D eigenvalue weighted by atomic mass is 15.2. The quantitative estimate of drug-likeness (QED) is 0.496. The third-order valence-electron chi connectivity index (χ3n) is 4.87. The average molecular weight is 283 g/mol. The second kappa shape index (κ2) is 9.78. The molecule has 0 amide bonds. The molecule has 0 aliphatic heterocycles. The predicted molar refractivity (Wildman–Crippen MR) is 90.3 cm³/mol. The zero-order chi connectivity index (χ0) is 14.8. The number of rotatable bonds is 9. The van der Waals surface area contributed by atoms with E-state index in [9.17, 15) is 0 Å². The number of nitrogens with zero attached hydrogens (tertiary/aromatic N) is 1. The van der Waals surface area contributed by atoms with Crippen LogP contribution >= 0.6 is 0 Å². The maximum Gasteiger partial charge on any atom is 0.00528 e. The van der Waals surface area contributed by atoms with E-state index in [0.717, 1.165) is 0 Å². The van der Waals surface area contributed by atoms with Crippen molar-refractivity contribution in [3.8, 4) is 0 Å². The Morgan fingerprint density at radius 3 is 2.15 bits per heavy atom. The monoisotopic (exact) mass is 282 g/mol. The van der Waals surface area contributed by atoms with Crippen molar-refractivity contribution in [2.75, 3.05) is 26.2 Å². The Hall–Kier alpha value is -0.0800. The smallest absolute Gasteiger partial charge is 0.00528 e. The van der Waals surface area contributed by atoms with Crippen molar-refractivity contribution in [2.45, 2.75) is 85.1 Å². The summed E-state index contributed by atoms with van der Waals surface area (Å²) in [6, 6.07) is 0.682. The first kappa shape index (κ1) is 18.0. The first-order valence-electron chi connectivity index (χ1n) is 9.08. The Kier molecular flexibility index (Phi) is 8.79. The van der Waals surface area contributed by atoms with Crippen molar-refractivity contribution in [3.05, 3.63) is 0 Å². The van der Waals surface area contributed by atoms with Gasteiger partial charge >= 0.3 is 0 Å². The van der Waals surface area contributed by atoms with Crippen LogP contribution in [0, 0.1) is 5.41 Å². The number of hydrogen-bond acceptors (Lipinski definition) is 2. The Bertz CT molecular complexity index is 230. The number of hydrogen-bond donors (Lipinski definition) is 1. The van der Waals surface area contributed by atoms with E-state index in [2.05, 4.69) is 37.9 Å². The van der Waals surface area contributed by atoms with Crippen molar-refractivity contribution in [3.63, 3.8) is 0 Å². The highest BCUT2D eigenvalue weighted by Crippen LogP contribution is 2.36. The van der Waals surface area contributed by atoms with Crippen LogP contribution in [0.15, 0.2) is 0 Å². The van der Waals surface area contributed by atoms with Crippen LogP contribution in [0.3, 0.4) is 0 Å². The van der Waals surface area contributed by atoms with Crippen LogP contribution in [-0.4, -0.2) is 37.1 Å². The van der Waals surface area contributed by atoms with Crippen LogP contribution in [0.25, 0.3) is 0 Å². The Morgan fingerprint density at radius 2 is 1.65 bits per heavy atom. The Balaban J connectivity index is 2.68. The van der Waals surface area contributed by atoms with Gasteiger partial charge in [0.2, 0.25) is 0 Å². The van der Waals surface area contributed by atoms with Gasteiger partial charge in [-0.05, 0) is 58.0 Å². The summed E-state index contributed by atoms with van der Waals surface area (Å²) in [5.74, 6) is 0. The van der Waals surface area contributed by atoms with E-state index in [-0.39, 0.29) is 0 Å². The molecule has 1 rings (SSSR count). The van der Waals surface area contributed by atoms with Gasteiger partial charge in [-0.2, -0.15) is 0 Å². The fourth-order valence-electron chi connectivity index (χ4n) is 3.64. The molecule has 0 aromatic carbocycles. The van der Waals surface area contributed by atoms with Crippen molar-refractivity contribution in [1.82, 2.24) is 10.2 Å². The van der Waals surface area contributed by atoms with Crippen LogP contribution in [0.4, 0.5) is 0 Å². The van der Waals surface area contributed by atoms with Crippen molar-refractivity contribution in [2.24, 2.45) is 5.41 Å². The lowest BCUT2D eigenvalue weighted by Gasteiger charge is -2.40. The molecular formula is C18H38N2. The second-order valence-electron chi connectivity index (χ2n) is 7.16. The maximum absolute atomic E-state index is 3.73. The number of nitrogens with one attached hydrogen (secondary N) is 1. The summed E-state index contributed by atoms with van der Waals surface area (Å²) in [4.78, 5) is 2.72. The third kappa shape index (κ3) is 6.13. The summed E-state index contributed by atoms with van der Waals surface area (Å²) in [5, 5.41) is 3.73. The molecule has 0 bridgehead atoms. The van der Waals surface area contributed by atoms with E-state index >= 15 is 0 Å². The normalized spacial score (nSPS) is 19.5. The molecule has 0 aromatic rings. The van der Waals surface area contributed by atoms with Gasteiger partial charge in [0.1, 0.15) is 0 Å². The van der Waals surface area contributed by atoms with Gasteiger partial charge in [0, 0.05) is 19.1 Å². The molecule has 0 radical (unpaired) electrons. The molecule has 120 valence electrons. The van der Waals surface area contributed by atoms with Gasteiger partial charge in [-0.25, -0.2) is 0 Å². The first-order valence-corrected chi connectivity index (χ1v) is 9.08. The lowest BCUT2D eigenvalue weighted by Crippen LogP contribution is -2.46. The zero-order valence-corrected chi connectivity index (χ0v) is 14.5. The van der Waals surface area contributed by atoms with Crippen molar-refractivity contribution in [1.29, 1.82) is 0 Å². The van der Waals surface area contributed by atoms with Gasteiger partial charge in [-0.3, -0.25) is 0 Å². The molecule has 0 unspecified atom stereocenters. The summed E-state index contributed by atoms with van der Waals surface area (Å²) in [5.41, 5.74) is 0.533. The molecule has 0 heterocycles. The molecule has 0 atom stereocenters. The summed E-state index contributed by atoms with van der Waals surface area (Å²) in [6.45, 7) is 14.3. The fraction of sp³-hybridized carbons (Fsp3) is 1.00.